The Morgan fingerprint density at radius 3 is 2.58 bits per heavy atom. The molecule has 2 heterocycles. The second-order valence-electron chi connectivity index (χ2n) is 6.77. The molecule has 1 saturated heterocycles. The number of hydrogen-bond acceptors (Lipinski definition) is 5. The van der Waals surface area contributed by atoms with E-state index in [1.54, 1.807) is 6.92 Å². The lowest BCUT2D eigenvalue weighted by Crippen LogP contribution is -2.43. The number of nitrogens with one attached hydrogen (secondary N) is 2. The summed E-state index contributed by atoms with van der Waals surface area (Å²) in [6.07, 6.45) is 0.477. The van der Waals surface area contributed by atoms with Crippen molar-refractivity contribution in [1.29, 1.82) is 0 Å². The number of sulfone groups is 1. The molecule has 0 spiro atoms. The van der Waals surface area contributed by atoms with Crippen LogP contribution in [0.3, 0.4) is 0 Å². The lowest BCUT2D eigenvalue weighted by molar-refractivity contribution is -0.122. The van der Waals surface area contributed by atoms with E-state index in [-0.39, 0.29) is 23.5 Å². The van der Waals surface area contributed by atoms with Gasteiger partial charge < -0.3 is 10.6 Å². The first-order valence-electron chi connectivity index (χ1n) is 8.66. The van der Waals surface area contributed by atoms with Crippen LogP contribution in [0.5, 0.6) is 0 Å². The van der Waals surface area contributed by atoms with Gasteiger partial charge in [0.1, 0.15) is 6.04 Å². The smallest absolute Gasteiger partial charge is 0.242 e. The largest absolute Gasteiger partial charge is 0.371 e. The molecule has 8 heteroatoms. The van der Waals surface area contributed by atoms with E-state index in [1.165, 1.54) is 0 Å². The highest BCUT2D eigenvalue weighted by Gasteiger charge is 2.30. The molecule has 1 fully saturated rings. The zero-order chi connectivity index (χ0) is 18.9. The molecule has 2 aromatic rings. The van der Waals surface area contributed by atoms with Crippen molar-refractivity contribution in [1.82, 2.24) is 15.1 Å². The Morgan fingerprint density at radius 2 is 1.96 bits per heavy atom. The quantitative estimate of drug-likeness (QED) is 0.827. The van der Waals surface area contributed by atoms with Crippen LogP contribution in [0, 0.1) is 13.8 Å². The minimum absolute atomic E-state index is 0.0233. The summed E-state index contributed by atoms with van der Waals surface area (Å²) in [4.78, 5) is 12.4. The summed E-state index contributed by atoms with van der Waals surface area (Å²) < 4.78 is 24.9. The van der Waals surface area contributed by atoms with Crippen LogP contribution >= 0.6 is 0 Å². The van der Waals surface area contributed by atoms with Gasteiger partial charge in [-0.1, -0.05) is 18.2 Å². The molecule has 0 radical (unpaired) electrons. The van der Waals surface area contributed by atoms with Crippen LogP contribution < -0.4 is 10.6 Å². The standard InChI is InChI=1S/C18H24N4O3S/c1-12-17(14(3)22(21-12)16-7-5-4-6-8-16)19-13(2)18(23)20-15-9-10-26(24,25)11-15/h4-8,13,15,19H,9-11H2,1-3H3,(H,20,23)/t13-,15-/m1/s1. The molecule has 1 aliphatic rings. The number of nitrogens with zero attached hydrogens (tertiary/aromatic N) is 2. The van der Waals surface area contributed by atoms with Crippen molar-refractivity contribution in [3.63, 3.8) is 0 Å². The van der Waals surface area contributed by atoms with Gasteiger partial charge in [0.15, 0.2) is 9.84 Å². The first kappa shape index (κ1) is 18.4. The third-order valence-corrected chi connectivity index (χ3v) is 6.39. The van der Waals surface area contributed by atoms with Gasteiger partial charge in [-0.05, 0) is 39.3 Å². The normalized spacial score (nSPS) is 19.9. The average Bonchev–Trinajstić information content (AvgIpc) is 3.08. The summed E-state index contributed by atoms with van der Waals surface area (Å²) in [7, 11) is -3.01. The number of hydrogen-bond donors (Lipinski definition) is 2. The maximum absolute atomic E-state index is 12.4. The first-order valence-corrected chi connectivity index (χ1v) is 10.5. The lowest BCUT2D eigenvalue weighted by Gasteiger charge is -2.18. The summed E-state index contributed by atoms with van der Waals surface area (Å²) in [6, 6.07) is 8.99. The number of amides is 1. The monoisotopic (exact) mass is 376 g/mol. The van der Waals surface area contributed by atoms with Crippen LogP contribution in [0.15, 0.2) is 30.3 Å². The second-order valence-corrected chi connectivity index (χ2v) is 9.00. The topological polar surface area (TPSA) is 93.1 Å². The van der Waals surface area contributed by atoms with E-state index in [0.717, 1.165) is 22.8 Å². The number of benzene rings is 1. The number of anilines is 1. The lowest BCUT2D eigenvalue weighted by atomic mass is 10.2. The Balaban J connectivity index is 1.70. The second kappa shape index (κ2) is 7.11. The van der Waals surface area contributed by atoms with E-state index in [0.29, 0.717) is 6.42 Å². The number of aromatic nitrogens is 2. The molecule has 1 aromatic heterocycles. The summed E-state index contributed by atoms with van der Waals surface area (Å²) in [5.41, 5.74) is 3.48. The number of carbonyl (C=O) groups is 1. The maximum Gasteiger partial charge on any atom is 0.242 e. The van der Waals surface area contributed by atoms with Crippen molar-refractivity contribution < 1.29 is 13.2 Å². The molecule has 0 aliphatic carbocycles. The van der Waals surface area contributed by atoms with Crippen molar-refractivity contribution in [2.45, 2.75) is 39.3 Å². The van der Waals surface area contributed by atoms with Gasteiger partial charge in [-0.3, -0.25) is 4.79 Å². The molecule has 0 saturated carbocycles. The summed E-state index contributed by atoms with van der Waals surface area (Å²) in [6.45, 7) is 5.60. The van der Waals surface area contributed by atoms with Crippen molar-refractivity contribution in [3.8, 4) is 5.69 Å². The molecule has 0 bridgehead atoms. The van der Waals surface area contributed by atoms with E-state index in [4.69, 9.17) is 0 Å². The summed E-state index contributed by atoms with van der Waals surface area (Å²) in [5, 5.41) is 10.6. The van der Waals surface area contributed by atoms with Crippen LogP contribution in [-0.4, -0.2) is 47.7 Å². The van der Waals surface area contributed by atoms with Crippen LogP contribution in [-0.2, 0) is 14.6 Å². The Labute approximate surface area is 153 Å². The highest BCUT2D eigenvalue weighted by Crippen LogP contribution is 2.23. The molecular formula is C18H24N4O3S. The fourth-order valence-electron chi connectivity index (χ4n) is 3.19. The van der Waals surface area contributed by atoms with Gasteiger partial charge in [0, 0.05) is 6.04 Å². The molecule has 140 valence electrons. The molecule has 7 nitrogen and oxygen atoms in total. The van der Waals surface area contributed by atoms with E-state index >= 15 is 0 Å². The minimum atomic E-state index is -3.01. The molecular weight excluding hydrogens is 352 g/mol. The SMILES string of the molecule is Cc1nn(-c2ccccc2)c(C)c1N[C@H](C)C(=O)N[C@@H]1CCS(=O)(=O)C1. The van der Waals surface area contributed by atoms with Gasteiger partial charge in [-0.25, -0.2) is 13.1 Å². The van der Waals surface area contributed by atoms with Gasteiger partial charge >= 0.3 is 0 Å². The van der Waals surface area contributed by atoms with Gasteiger partial charge in [0.25, 0.3) is 0 Å². The molecule has 1 aliphatic heterocycles. The first-order chi connectivity index (χ1) is 12.3. The number of carbonyl (C=O) groups excluding carboxylic acids is 1. The van der Waals surface area contributed by atoms with Crippen molar-refractivity contribution in [2.24, 2.45) is 0 Å². The van der Waals surface area contributed by atoms with Crippen molar-refractivity contribution in [3.05, 3.63) is 41.7 Å². The van der Waals surface area contributed by atoms with E-state index in [1.807, 2.05) is 48.9 Å². The highest BCUT2D eigenvalue weighted by molar-refractivity contribution is 7.91. The third-order valence-electron chi connectivity index (χ3n) is 4.63. The van der Waals surface area contributed by atoms with Crippen LogP contribution in [0.1, 0.15) is 24.7 Å². The Bertz CT molecular complexity index is 906. The summed E-state index contributed by atoms with van der Waals surface area (Å²) >= 11 is 0. The van der Waals surface area contributed by atoms with Gasteiger partial charge in [0.05, 0.1) is 34.3 Å². The molecule has 2 N–H and O–H groups in total. The fraction of sp³-hybridized carbons (Fsp3) is 0.444. The fourth-order valence-corrected chi connectivity index (χ4v) is 4.86. The minimum Gasteiger partial charge on any atom is -0.371 e. The molecule has 1 amide bonds. The predicted octanol–water partition coefficient (Wildman–Crippen LogP) is 1.59. The van der Waals surface area contributed by atoms with Crippen LogP contribution in [0.25, 0.3) is 5.69 Å². The van der Waals surface area contributed by atoms with E-state index < -0.39 is 15.9 Å². The van der Waals surface area contributed by atoms with Gasteiger partial charge in [0.2, 0.25) is 5.91 Å². The molecule has 26 heavy (non-hydrogen) atoms. The van der Waals surface area contributed by atoms with Crippen molar-refractivity contribution in [2.75, 3.05) is 16.8 Å². The summed E-state index contributed by atoms with van der Waals surface area (Å²) in [5.74, 6) is -0.0459. The Kier molecular flexibility index (Phi) is 5.04. The predicted molar refractivity (Wildman–Crippen MR) is 101 cm³/mol. The Hall–Kier alpha value is -2.35. The van der Waals surface area contributed by atoms with E-state index in [9.17, 15) is 13.2 Å². The molecule has 3 rings (SSSR count). The van der Waals surface area contributed by atoms with Crippen LogP contribution in [0.4, 0.5) is 5.69 Å². The third kappa shape index (κ3) is 3.90. The van der Waals surface area contributed by atoms with E-state index in [2.05, 4.69) is 15.7 Å². The average molecular weight is 376 g/mol. The number of rotatable bonds is 5. The molecule has 1 aromatic carbocycles. The number of para-hydroxylation sites is 1. The highest BCUT2D eigenvalue weighted by atomic mass is 32.2. The molecule has 2 atom stereocenters. The maximum atomic E-state index is 12.4. The van der Waals surface area contributed by atoms with Crippen LogP contribution in [0.2, 0.25) is 0 Å². The Morgan fingerprint density at radius 1 is 1.27 bits per heavy atom. The van der Waals surface area contributed by atoms with Gasteiger partial charge in [-0.15, -0.1) is 0 Å². The molecule has 0 unspecified atom stereocenters. The number of aryl methyl sites for hydroxylation is 1. The van der Waals surface area contributed by atoms with Crippen molar-refractivity contribution >= 4 is 21.4 Å². The zero-order valence-electron chi connectivity index (χ0n) is 15.2. The zero-order valence-corrected chi connectivity index (χ0v) is 16.0. The van der Waals surface area contributed by atoms with Gasteiger partial charge in [-0.2, -0.15) is 5.10 Å².